The number of rotatable bonds is 4. The molecule has 0 bridgehead atoms. The molecule has 37 heavy (non-hydrogen) atoms. The molecule has 1 atom stereocenters. The molecule has 6 rings (SSSR count). The first-order valence-electron chi connectivity index (χ1n) is 12.0. The maximum Gasteiger partial charge on any atom is 0.234 e. The Morgan fingerprint density at radius 3 is 2.57 bits per heavy atom. The van der Waals surface area contributed by atoms with E-state index in [1.54, 1.807) is 25.6 Å². The summed E-state index contributed by atoms with van der Waals surface area (Å²) in [6, 6.07) is 12.0. The summed E-state index contributed by atoms with van der Waals surface area (Å²) in [5.41, 5.74) is 2.88. The monoisotopic (exact) mass is 522 g/mol. The predicted octanol–water partition coefficient (Wildman–Crippen LogP) is 4.05. The van der Waals surface area contributed by atoms with Crippen LogP contribution in [0, 0.1) is 18.2 Å². The number of hydrogen-bond acceptors (Lipinski definition) is 7. The van der Waals surface area contributed by atoms with Crippen molar-refractivity contribution in [2.24, 2.45) is 10.6 Å². The molecule has 0 saturated carbocycles. The number of nitrogens with zero attached hydrogens (tertiary/aromatic N) is 4. The van der Waals surface area contributed by atoms with Crippen LogP contribution < -0.4 is 4.74 Å². The standard InChI is InChI=1S/C27H27FN4O4S/c1-18-13-31(17-29-18)23-9-4-19(11-24(23)35-3)10-20-12-27(15-37(33,34)16-27)14-32-25(20)30-36-26(32,2)21-5-7-22(28)8-6-21/h4-11,13,17H,12,14-16H2,1-3H3. The van der Waals surface area contributed by atoms with E-state index in [2.05, 4.69) is 10.1 Å². The summed E-state index contributed by atoms with van der Waals surface area (Å²) in [7, 11) is -1.46. The number of aryl methyl sites for hydroxylation is 1. The van der Waals surface area contributed by atoms with Gasteiger partial charge in [-0.3, -0.25) is 0 Å². The van der Waals surface area contributed by atoms with Gasteiger partial charge in [0.1, 0.15) is 11.6 Å². The molecular formula is C27H27FN4O4S. The van der Waals surface area contributed by atoms with Crippen molar-refractivity contribution >= 4 is 21.7 Å². The number of amidine groups is 1. The minimum absolute atomic E-state index is 0.114. The summed E-state index contributed by atoms with van der Waals surface area (Å²) < 4.78 is 45.8. The summed E-state index contributed by atoms with van der Waals surface area (Å²) in [5, 5.41) is 4.45. The highest BCUT2D eigenvalue weighted by Gasteiger charge is 2.58. The molecule has 1 aromatic heterocycles. The number of benzene rings is 2. The Kier molecular flexibility index (Phi) is 5.24. The van der Waals surface area contributed by atoms with Crippen molar-refractivity contribution in [3.63, 3.8) is 0 Å². The number of oxime groups is 1. The van der Waals surface area contributed by atoms with Gasteiger partial charge in [0.15, 0.2) is 15.7 Å². The third kappa shape index (κ3) is 3.99. The lowest BCUT2D eigenvalue weighted by Gasteiger charge is -2.50. The minimum Gasteiger partial charge on any atom is -0.495 e. The number of halogens is 1. The molecule has 2 saturated heterocycles. The van der Waals surface area contributed by atoms with Crippen LogP contribution in [0.4, 0.5) is 4.39 Å². The lowest BCUT2D eigenvalue weighted by molar-refractivity contribution is -0.101. The molecule has 1 spiro atoms. The molecule has 192 valence electrons. The summed E-state index contributed by atoms with van der Waals surface area (Å²) >= 11 is 0. The normalized spacial score (nSPS) is 24.4. The summed E-state index contributed by atoms with van der Waals surface area (Å²) in [5.74, 6) is 1.23. The topological polar surface area (TPSA) is 86.0 Å². The van der Waals surface area contributed by atoms with Gasteiger partial charge in [-0.2, -0.15) is 0 Å². The van der Waals surface area contributed by atoms with Crippen LogP contribution in [0.25, 0.3) is 11.8 Å². The van der Waals surface area contributed by atoms with E-state index in [9.17, 15) is 12.8 Å². The van der Waals surface area contributed by atoms with Gasteiger partial charge < -0.3 is 19.0 Å². The van der Waals surface area contributed by atoms with Crippen LogP contribution >= 0.6 is 0 Å². The smallest absolute Gasteiger partial charge is 0.234 e. The van der Waals surface area contributed by atoms with E-state index in [0.29, 0.717) is 24.6 Å². The van der Waals surface area contributed by atoms with Gasteiger partial charge in [0.25, 0.3) is 0 Å². The average molecular weight is 523 g/mol. The summed E-state index contributed by atoms with van der Waals surface area (Å²) in [4.78, 5) is 12.3. The molecule has 2 fully saturated rings. The molecule has 3 aliphatic heterocycles. The van der Waals surface area contributed by atoms with Crippen LogP contribution in [-0.2, 0) is 20.4 Å². The maximum absolute atomic E-state index is 13.6. The lowest BCUT2D eigenvalue weighted by atomic mass is 9.78. The number of imidazole rings is 1. The van der Waals surface area contributed by atoms with E-state index in [4.69, 9.17) is 9.57 Å². The van der Waals surface area contributed by atoms with Crippen molar-refractivity contribution in [1.29, 1.82) is 0 Å². The molecule has 3 aromatic rings. The van der Waals surface area contributed by atoms with E-state index < -0.39 is 21.0 Å². The quantitative estimate of drug-likeness (QED) is 0.514. The fourth-order valence-corrected chi connectivity index (χ4v) is 7.85. The van der Waals surface area contributed by atoms with Gasteiger partial charge >= 0.3 is 0 Å². The van der Waals surface area contributed by atoms with Crippen LogP contribution in [0.15, 0.2) is 65.7 Å². The van der Waals surface area contributed by atoms with Gasteiger partial charge in [-0.05, 0) is 54.8 Å². The van der Waals surface area contributed by atoms with Crippen LogP contribution in [0.2, 0.25) is 0 Å². The zero-order valence-corrected chi connectivity index (χ0v) is 21.6. The van der Waals surface area contributed by atoms with Gasteiger partial charge in [-0.25, -0.2) is 17.8 Å². The molecule has 10 heteroatoms. The Morgan fingerprint density at radius 2 is 1.92 bits per heavy atom. The number of ether oxygens (including phenoxy) is 1. The van der Waals surface area contributed by atoms with Gasteiger partial charge in [0.05, 0.1) is 36.3 Å². The van der Waals surface area contributed by atoms with Crippen LogP contribution in [0.1, 0.15) is 30.2 Å². The number of sulfone groups is 1. The number of fused-ring (bicyclic) bond motifs is 1. The number of hydrogen-bond donors (Lipinski definition) is 0. The van der Waals surface area contributed by atoms with Crippen LogP contribution in [-0.4, -0.2) is 53.9 Å². The van der Waals surface area contributed by atoms with Gasteiger partial charge in [-0.1, -0.05) is 23.4 Å². The highest BCUT2D eigenvalue weighted by atomic mass is 32.2. The molecule has 3 aliphatic rings. The number of piperidine rings is 1. The van der Waals surface area contributed by atoms with Gasteiger partial charge in [0.2, 0.25) is 5.72 Å². The van der Waals surface area contributed by atoms with E-state index in [-0.39, 0.29) is 17.3 Å². The second-order valence-electron chi connectivity index (χ2n) is 10.3. The van der Waals surface area contributed by atoms with Crippen LogP contribution in [0.5, 0.6) is 5.75 Å². The van der Waals surface area contributed by atoms with Crippen molar-refractivity contribution < 1.29 is 22.4 Å². The number of methoxy groups -OCH3 is 1. The van der Waals surface area contributed by atoms with E-state index in [0.717, 1.165) is 28.1 Å². The first-order chi connectivity index (χ1) is 17.6. The van der Waals surface area contributed by atoms with Crippen molar-refractivity contribution in [3.8, 4) is 11.4 Å². The molecule has 2 aromatic carbocycles. The first-order valence-corrected chi connectivity index (χ1v) is 13.8. The van der Waals surface area contributed by atoms with Gasteiger partial charge in [0, 0.05) is 30.6 Å². The summed E-state index contributed by atoms with van der Waals surface area (Å²) in [6.07, 6.45) is 6.25. The van der Waals surface area contributed by atoms with E-state index >= 15 is 0 Å². The highest BCUT2D eigenvalue weighted by Crippen LogP contribution is 2.49. The Balaban J connectivity index is 1.40. The van der Waals surface area contributed by atoms with Gasteiger partial charge in [-0.15, -0.1) is 0 Å². The van der Waals surface area contributed by atoms with E-state index in [1.165, 1.54) is 12.1 Å². The van der Waals surface area contributed by atoms with Crippen molar-refractivity contribution in [3.05, 3.63) is 83.2 Å². The zero-order chi connectivity index (χ0) is 26.0. The molecule has 0 aliphatic carbocycles. The Hall–Kier alpha value is -3.66. The molecule has 0 amide bonds. The SMILES string of the molecule is COc1cc(C=C2CC3(CN4C2=NOC4(C)c2ccc(F)cc2)CS(=O)(=O)C3)ccc1-n1cnc(C)c1. The van der Waals surface area contributed by atoms with Crippen molar-refractivity contribution in [1.82, 2.24) is 14.5 Å². The van der Waals surface area contributed by atoms with Crippen molar-refractivity contribution in [2.45, 2.75) is 26.0 Å². The fourth-order valence-electron chi connectivity index (χ4n) is 5.68. The Morgan fingerprint density at radius 1 is 1.16 bits per heavy atom. The van der Waals surface area contributed by atoms with Crippen LogP contribution in [0.3, 0.4) is 0 Å². The Labute approximate surface area is 214 Å². The molecule has 0 N–H and O–H groups in total. The third-order valence-corrected chi connectivity index (χ3v) is 9.50. The molecule has 4 heterocycles. The van der Waals surface area contributed by atoms with Crippen molar-refractivity contribution in [2.75, 3.05) is 25.2 Å². The molecule has 1 unspecified atom stereocenters. The molecule has 0 radical (unpaired) electrons. The second-order valence-corrected chi connectivity index (χ2v) is 12.4. The first kappa shape index (κ1) is 23.7. The summed E-state index contributed by atoms with van der Waals surface area (Å²) in [6.45, 7) is 4.29. The Bertz CT molecular complexity index is 1550. The lowest BCUT2D eigenvalue weighted by Crippen LogP contribution is -2.62. The second kappa shape index (κ2) is 8.17. The third-order valence-electron chi connectivity index (χ3n) is 7.39. The minimum atomic E-state index is -3.08. The maximum atomic E-state index is 13.6. The number of aromatic nitrogens is 2. The predicted molar refractivity (Wildman–Crippen MR) is 138 cm³/mol. The largest absolute Gasteiger partial charge is 0.495 e. The zero-order valence-electron chi connectivity index (χ0n) is 20.8. The fraction of sp³-hybridized carbons (Fsp3) is 0.333. The average Bonchev–Trinajstić information content (AvgIpc) is 3.42. The molecular weight excluding hydrogens is 495 g/mol. The molecule has 8 nitrogen and oxygen atoms in total. The van der Waals surface area contributed by atoms with E-state index in [1.807, 2.05) is 53.8 Å². The highest BCUT2D eigenvalue weighted by molar-refractivity contribution is 7.92.